The van der Waals surface area contributed by atoms with Gasteiger partial charge in [0.05, 0.1) is 23.0 Å². The molecule has 8 heteroatoms. The van der Waals surface area contributed by atoms with Gasteiger partial charge < -0.3 is 10.4 Å². The topological polar surface area (TPSA) is 92.5 Å². The third kappa shape index (κ3) is 2.73. The number of benzene rings is 1. The highest BCUT2D eigenvalue weighted by Gasteiger charge is 2.26. The van der Waals surface area contributed by atoms with E-state index in [0.29, 0.717) is 12.1 Å². The second-order valence-electron chi connectivity index (χ2n) is 4.36. The molecule has 0 radical (unpaired) electrons. The number of carboxylic acid groups (broad SMARTS) is 1. The molecule has 1 aliphatic rings. The van der Waals surface area contributed by atoms with Crippen LogP contribution in [0.1, 0.15) is 6.42 Å². The maximum atomic E-state index is 13.6. The van der Waals surface area contributed by atoms with E-state index in [9.17, 15) is 23.7 Å². The molecule has 1 aromatic rings. The van der Waals surface area contributed by atoms with Crippen molar-refractivity contribution >= 4 is 17.3 Å². The zero-order valence-corrected chi connectivity index (χ0v) is 10.0. The zero-order chi connectivity index (χ0) is 14.9. The summed E-state index contributed by atoms with van der Waals surface area (Å²) in [5.41, 5.74) is -1.19. The van der Waals surface area contributed by atoms with Gasteiger partial charge in [-0.05, 0) is 6.42 Å². The van der Waals surface area contributed by atoms with Gasteiger partial charge in [-0.25, -0.2) is 8.78 Å². The van der Waals surface area contributed by atoms with E-state index in [4.69, 9.17) is 5.11 Å². The van der Waals surface area contributed by atoms with Crippen molar-refractivity contribution in [2.24, 2.45) is 5.92 Å². The molecule has 1 aliphatic carbocycles. The normalized spacial score (nSPS) is 20.9. The average Bonchev–Trinajstić information content (AvgIpc) is 2.82. The molecule has 0 spiro atoms. The molecular weight excluding hydrogens is 274 g/mol. The van der Waals surface area contributed by atoms with Gasteiger partial charge in [-0.15, -0.1) is 0 Å². The predicted molar refractivity (Wildman–Crippen MR) is 65.3 cm³/mol. The van der Waals surface area contributed by atoms with Crippen molar-refractivity contribution in [3.63, 3.8) is 0 Å². The van der Waals surface area contributed by atoms with Crippen LogP contribution in [0, 0.1) is 27.7 Å². The first-order valence-electron chi connectivity index (χ1n) is 5.69. The zero-order valence-electron chi connectivity index (χ0n) is 10.0. The lowest BCUT2D eigenvalue weighted by atomic mass is 10.1. The van der Waals surface area contributed by atoms with Gasteiger partial charge in [0.2, 0.25) is 0 Å². The summed E-state index contributed by atoms with van der Waals surface area (Å²) in [7, 11) is 0. The highest BCUT2D eigenvalue weighted by atomic mass is 19.1. The molecule has 2 atom stereocenters. The van der Waals surface area contributed by atoms with Crippen molar-refractivity contribution in [2.75, 3.05) is 5.32 Å². The van der Waals surface area contributed by atoms with E-state index in [1.807, 2.05) is 0 Å². The number of nitro groups is 1. The molecule has 2 rings (SSSR count). The molecule has 6 nitrogen and oxygen atoms in total. The Morgan fingerprint density at radius 3 is 2.40 bits per heavy atom. The number of anilines is 1. The number of hydrogen-bond donors (Lipinski definition) is 2. The molecule has 2 unspecified atom stereocenters. The fourth-order valence-electron chi connectivity index (χ4n) is 1.98. The number of rotatable bonds is 4. The molecule has 106 valence electrons. The van der Waals surface area contributed by atoms with Crippen molar-refractivity contribution in [2.45, 2.75) is 12.5 Å². The Labute approximate surface area is 111 Å². The number of carbonyl (C=O) groups is 1. The first kappa shape index (κ1) is 13.9. The summed E-state index contributed by atoms with van der Waals surface area (Å²) in [6, 6.07) is 0.680. The Hall–Kier alpha value is -2.51. The van der Waals surface area contributed by atoms with Crippen LogP contribution >= 0.6 is 0 Å². The fraction of sp³-hybridized carbons (Fsp3) is 0.250. The van der Waals surface area contributed by atoms with Gasteiger partial charge in [-0.3, -0.25) is 14.9 Å². The Balaban J connectivity index is 2.17. The summed E-state index contributed by atoms with van der Waals surface area (Å²) in [4.78, 5) is 20.3. The molecule has 0 fully saturated rings. The molecular formula is C12H10F2N2O4. The molecule has 0 saturated heterocycles. The van der Waals surface area contributed by atoms with E-state index < -0.39 is 45.9 Å². The average molecular weight is 284 g/mol. The third-order valence-electron chi connectivity index (χ3n) is 2.97. The molecule has 0 heterocycles. The fourth-order valence-corrected chi connectivity index (χ4v) is 1.98. The third-order valence-corrected chi connectivity index (χ3v) is 2.97. The number of halogens is 2. The van der Waals surface area contributed by atoms with E-state index in [2.05, 4.69) is 5.32 Å². The van der Waals surface area contributed by atoms with E-state index in [-0.39, 0.29) is 6.42 Å². The summed E-state index contributed by atoms with van der Waals surface area (Å²) in [6.07, 6.45) is 3.09. The van der Waals surface area contributed by atoms with Crippen molar-refractivity contribution in [1.29, 1.82) is 0 Å². The number of nitrogens with zero attached hydrogens (tertiary/aromatic N) is 1. The van der Waals surface area contributed by atoms with Crippen LogP contribution in [0.3, 0.4) is 0 Å². The summed E-state index contributed by atoms with van der Waals surface area (Å²) < 4.78 is 27.3. The van der Waals surface area contributed by atoms with E-state index in [1.54, 1.807) is 0 Å². The number of hydrogen-bond acceptors (Lipinski definition) is 4. The molecule has 0 aliphatic heterocycles. The van der Waals surface area contributed by atoms with Crippen LogP contribution in [0.2, 0.25) is 0 Å². The summed E-state index contributed by atoms with van der Waals surface area (Å²) in [6.45, 7) is 0. The lowest BCUT2D eigenvalue weighted by molar-refractivity contribution is -0.385. The molecule has 20 heavy (non-hydrogen) atoms. The van der Waals surface area contributed by atoms with Crippen molar-refractivity contribution < 1.29 is 23.6 Å². The predicted octanol–water partition coefficient (Wildman–Crippen LogP) is 2.31. The standard InChI is InChI=1S/C12H10F2N2O4/c13-9-4-8(16(19)20)5-10(14)11(9)15-7-2-1-6(3-7)12(17)18/h1-2,4-7,15H,3H2,(H,17,18). The molecule has 2 N–H and O–H groups in total. The Bertz CT molecular complexity index is 580. The lowest BCUT2D eigenvalue weighted by Gasteiger charge is -2.14. The van der Waals surface area contributed by atoms with Gasteiger partial charge in [0, 0.05) is 6.04 Å². The smallest absolute Gasteiger partial charge is 0.310 e. The van der Waals surface area contributed by atoms with Crippen molar-refractivity contribution in [3.05, 3.63) is 46.0 Å². The number of non-ortho nitro benzene ring substituents is 1. The maximum absolute atomic E-state index is 13.6. The number of nitrogens with one attached hydrogen (secondary N) is 1. The van der Waals surface area contributed by atoms with Crippen molar-refractivity contribution in [1.82, 2.24) is 0 Å². The minimum Gasteiger partial charge on any atom is -0.481 e. The van der Waals surface area contributed by atoms with Crippen LogP contribution in [0.15, 0.2) is 24.3 Å². The van der Waals surface area contributed by atoms with Crippen LogP contribution in [-0.2, 0) is 4.79 Å². The van der Waals surface area contributed by atoms with E-state index >= 15 is 0 Å². The minimum absolute atomic E-state index is 0.158. The van der Waals surface area contributed by atoms with Crippen molar-refractivity contribution in [3.8, 4) is 0 Å². The monoisotopic (exact) mass is 284 g/mol. The van der Waals surface area contributed by atoms with E-state index in [0.717, 1.165) is 0 Å². The highest BCUT2D eigenvalue weighted by molar-refractivity contribution is 5.73. The van der Waals surface area contributed by atoms with Crippen LogP contribution in [0.4, 0.5) is 20.2 Å². The van der Waals surface area contributed by atoms with Crippen LogP contribution in [0.25, 0.3) is 0 Å². The SMILES string of the molecule is O=C(O)C1C=CC(Nc2c(F)cc([N+](=O)[O-])cc2F)C1. The summed E-state index contributed by atoms with van der Waals surface area (Å²) in [5, 5.41) is 21.8. The van der Waals surface area contributed by atoms with Gasteiger partial charge in [0.25, 0.3) is 5.69 Å². The second kappa shape index (κ2) is 5.24. The molecule has 0 aromatic heterocycles. The maximum Gasteiger partial charge on any atom is 0.310 e. The Kier molecular flexibility index (Phi) is 3.64. The van der Waals surface area contributed by atoms with Gasteiger partial charge in [-0.1, -0.05) is 12.2 Å². The molecule has 0 bridgehead atoms. The number of carboxylic acids is 1. The lowest BCUT2D eigenvalue weighted by Crippen LogP contribution is -2.20. The van der Waals surface area contributed by atoms with Crippen LogP contribution < -0.4 is 5.32 Å². The van der Waals surface area contributed by atoms with Gasteiger partial charge in [0.15, 0.2) is 11.6 Å². The summed E-state index contributed by atoms with van der Waals surface area (Å²) >= 11 is 0. The van der Waals surface area contributed by atoms with Gasteiger partial charge >= 0.3 is 5.97 Å². The first-order chi connectivity index (χ1) is 9.38. The van der Waals surface area contributed by atoms with E-state index in [1.165, 1.54) is 12.2 Å². The highest BCUT2D eigenvalue weighted by Crippen LogP contribution is 2.28. The van der Waals surface area contributed by atoms with Gasteiger partial charge in [0.1, 0.15) is 5.69 Å². The van der Waals surface area contributed by atoms with Gasteiger partial charge in [-0.2, -0.15) is 0 Å². The first-order valence-corrected chi connectivity index (χ1v) is 5.69. The number of aliphatic carboxylic acids is 1. The minimum atomic E-state index is -1.09. The Morgan fingerprint density at radius 2 is 1.95 bits per heavy atom. The largest absolute Gasteiger partial charge is 0.481 e. The Morgan fingerprint density at radius 1 is 1.35 bits per heavy atom. The number of nitro benzene ring substituents is 1. The summed E-state index contributed by atoms with van der Waals surface area (Å²) in [5.74, 6) is -3.92. The molecule has 1 aromatic carbocycles. The molecule has 0 saturated carbocycles. The molecule has 0 amide bonds. The quantitative estimate of drug-likeness (QED) is 0.503. The van der Waals surface area contributed by atoms with Crippen LogP contribution in [0.5, 0.6) is 0 Å². The second-order valence-corrected chi connectivity index (χ2v) is 4.36. The van der Waals surface area contributed by atoms with Crippen LogP contribution in [-0.4, -0.2) is 22.0 Å².